The molecule has 1 aromatic rings. The zero-order valence-corrected chi connectivity index (χ0v) is 12.5. The Hall–Kier alpha value is -0.880. The fourth-order valence-electron chi connectivity index (χ4n) is 2.14. The van der Waals surface area contributed by atoms with Crippen LogP contribution in [0.3, 0.4) is 0 Å². The number of halogens is 1. The van der Waals surface area contributed by atoms with Gasteiger partial charge in [0.1, 0.15) is 22.4 Å². The highest BCUT2D eigenvalue weighted by Gasteiger charge is 2.28. The number of aromatic nitrogens is 2. The molecule has 100 valence electrons. The van der Waals surface area contributed by atoms with E-state index in [1.165, 1.54) is 19.2 Å². The van der Waals surface area contributed by atoms with E-state index in [2.05, 4.69) is 50.1 Å². The van der Waals surface area contributed by atoms with Gasteiger partial charge < -0.3 is 16.0 Å². The first-order chi connectivity index (χ1) is 8.50. The monoisotopic (exact) mass is 313 g/mol. The van der Waals surface area contributed by atoms with Crippen LogP contribution in [0, 0.1) is 5.41 Å². The number of anilines is 2. The van der Waals surface area contributed by atoms with Gasteiger partial charge in [-0.15, -0.1) is 0 Å². The van der Waals surface area contributed by atoms with Crippen LogP contribution in [0.4, 0.5) is 11.6 Å². The summed E-state index contributed by atoms with van der Waals surface area (Å²) in [4.78, 5) is 10.5. The molecule has 0 amide bonds. The Morgan fingerprint density at radius 1 is 1.44 bits per heavy atom. The molecule has 1 fully saturated rings. The van der Waals surface area contributed by atoms with Gasteiger partial charge in [0.15, 0.2) is 0 Å². The number of nitrogen functional groups attached to an aromatic ring is 1. The number of nitrogens with zero attached hydrogens (tertiary/aromatic N) is 3. The van der Waals surface area contributed by atoms with Crippen LogP contribution in [-0.2, 0) is 0 Å². The van der Waals surface area contributed by atoms with Crippen molar-refractivity contribution in [1.29, 1.82) is 0 Å². The molecule has 1 aliphatic rings. The molecule has 0 aliphatic carbocycles. The Balaban J connectivity index is 1.97. The third-order valence-electron chi connectivity index (χ3n) is 3.69. The van der Waals surface area contributed by atoms with Crippen LogP contribution in [0.25, 0.3) is 0 Å². The van der Waals surface area contributed by atoms with Gasteiger partial charge in [0.2, 0.25) is 0 Å². The summed E-state index contributed by atoms with van der Waals surface area (Å²) in [5, 5.41) is 3.38. The Morgan fingerprint density at radius 3 is 2.78 bits per heavy atom. The Labute approximate surface area is 116 Å². The smallest absolute Gasteiger partial charge is 0.145 e. The van der Waals surface area contributed by atoms with Gasteiger partial charge in [-0.3, -0.25) is 0 Å². The lowest BCUT2D eigenvalue weighted by Gasteiger charge is -2.38. The van der Waals surface area contributed by atoms with E-state index in [0.29, 0.717) is 11.2 Å². The van der Waals surface area contributed by atoms with Crippen molar-refractivity contribution in [2.75, 3.05) is 37.7 Å². The summed E-state index contributed by atoms with van der Waals surface area (Å²) >= 11 is 3.41. The molecule has 1 saturated heterocycles. The van der Waals surface area contributed by atoms with Crippen LogP contribution >= 0.6 is 15.9 Å². The minimum atomic E-state index is 0.325. The van der Waals surface area contributed by atoms with E-state index in [9.17, 15) is 0 Å². The number of nitrogens with two attached hydrogens (primary N) is 1. The number of piperidine rings is 1. The summed E-state index contributed by atoms with van der Waals surface area (Å²) in [6, 6.07) is 0. The van der Waals surface area contributed by atoms with Crippen LogP contribution in [0.5, 0.6) is 0 Å². The Bertz CT molecular complexity index is 415. The Kier molecular flexibility index (Phi) is 4.07. The molecule has 0 aromatic carbocycles. The van der Waals surface area contributed by atoms with Gasteiger partial charge in [-0.1, -0.05) is 6.92 Å². The van der Waals surface area contributed by atoms with Crippen LogP contribution in [0.2, 0.25) is 0 Å². The maximum atomic E-state index is 5.74. The highest BCUT2D eigenvalue weighted by molar-refractivity contribution is 9.10. The second-order valence-corrected chi connectivity index (χ2v) is 6.18. The topological polar surface area (TPSA) is 67.1 Å². The molecular formula is C12H20BrN5. The first kappa shape index (κ1) is 13.5. The summed E-state index contributed by atoms with van der Waals surface area (Å²) in [5.74, 6) is 1.25. The SMILES string of the molecule is CN1CCC(C)(CNc2ncnc(N)c2Br)CC1. The van der Waals surface area contributed by atoms with Crippen molar-refractivity contribution in [1.82, 2.24) is 14.9 Å². The van der Waals surface area contributed by atoms with E-state index in [-0.39, 0.29) is 0 Å². The lowest BCUT2D eigenvalue weighted by Crippen LogP contribution is -2.40. The fourth-order valence-corrected chi connectivity index (χ4v) is 2.48. The summed E-state index contributed by atoms with van der Waals surface area (Å²) in [6.45, 7) is 5.55. The number of nitrogens with one attached hydrogen (secondary N) is 1. The van der Waals surface area contributed by atoms with Crippen molar-refractivity contribution in [3.05, 3.63) is 10.8 Å². The Morgan fingerprint density at radius 2 is 2.11 bits per heavy atom. The molecule has 0 atom stereocenters. The second-order valence-electron chi connectivity index (χ2n) is 5.39. The van der Waals surface area contributed by atoms with E-state index in [4.69, 9.17) is 5.73 Å². The zero-order chi connectivity index (χ0) is 13.2. The lowest BCUT2D eigenvalue weighted by atomic mass is 9.80. The van der Waals surface area contributed by atoms with Crippen LogP contribution in [-0.4, -0.2) is 41.5 Å². The molecule has 6 heteroatoms. The molecule has 18 heavy (non-hydrogen) atoms. The largest absolute Gasteiger partial charge is 0.383 e. The zero-order valence-electron chi connectivity index (χ0n) is 10.9. The molecule has 1 aliphatic heterocycles. The molecule has 0 spiro atoms. The maximum Gasteiger partial charge on any atom is 0.145 e. The van der Waals surface area contributed by atoms with Crippen LogP contribution in [0.15, 0.2) is 10.8 Å². The molecule has 2 rings (SSSR count). The van der Waals surface area contributed by atoms with E-state index in [0.717, 1.165) is 29.9 Å². The molecule has 0 bridgehead atoms. The van der Waals surface area contributed by atoms with Gasteiger partial charge in [-0.25, -0.2) is 9.97 Å². The number of hydrogen-bond acceptors (Lipinski definition) is 5. The van der Waals surface area contributed by atoms with E-state index < -0.39 is 0 Å². The molecule has 2 heterocycles. The minimum Gasteiger partial charge on any atom is -0.383 e. The summed E-state index contributed by atoms with van der Waals surface area (Å²) < 4.78 is 0.751. The van der Waals surface area contributed by atoms with Crippen molar-refractivity contribution in [3.8, 4) is 0 Å². The molecule has 0 saturated carbocycles. The van der Waals surface area contributed by atoms with Gasteiger partial charge in [-0.05, 0) is 54.3 Å². The third kappa shape index (κ3) is 3.11. The number of hydrogen-bond donors (Lipinski definition) is 2. The maximum absolute atomic E-state index is 5.74. The first-order valence-corrected chi connectivity index (χ1v) is 6.98. The van der Waals surface area contributed by atoms with Gasteiger partial charge in [0.25, 0.3) is 0 Å². The average molecular weight is 314 g/mol. The number of rotatable bonds is 3. The van der Waals surface area contributed by atoms with Gasteiger partial charge in [0.05, 0.1) is 0 Å². The molecular weight excluding hydrogens is 294 g/mol. The highest BCUT2D eigenvalue weighted by Crippen LogP contribution is 2.32. The average Bonchev–Trinajstić information content (AvgIpc) is 2.35. The minimum absolute atomic E-state index is 0.325. The van der Waals surface area contributed by atoms with Gasteiger partial charge >= 0.3 is 0 Å². The second kappa shape index (κ2) is 5.40. The molecule has 0 unspecified atom stereocenters. The van der Waals surface area contributed by atoms with Gasteiger partial charge in [0, 0.05) is 6.54 Å². The quantitative estimate of drug-likeness (QED) is 0.893. The highest BCUT2D eigenvalue weighted by atomic mass is 79.9. The van der Waals surface area contributed by atoms with Crippen molar-refractivity contribution in [3.63, 3.8) is 0 Å². The van der Waals surface area contributed by atoms with Crippen LogP contribution in [0.1, 0.15) is 19.8 Å². The lowest BCUT2D eigenvalue weighted by molar-refractivity contribution is 0.150. The predicted octanol–water partition coefficient (Wildman–Crippen LogP) is 1.97. The van der Waals surface area contributed by atoms with Gasteiger partial charge in [-0.2, -0.15) is 0 Å². The molecule has 3 N–H and O–H groups in total. The van der Waals surface area contributed by atoms with Crippen molar-refractivity contribution >= 4 is 27.6 Å². The van der Waals surface area contributed by atoms with E-state index >= 15 is 0 Å². The summed E-state index contributed by atoms with van der Waals surface area (Å²) in [6.07, 6.45) is 3.89. The molecule has 0 radical (unpaired) electrons. The third-order valence-corrected chi connectivity index (χ3v) is 4.48. The van der Waals surface area contributed by atoms with Crippen molar-refractivity contribution < 1.29 is 0 Å². The standard InChI is InChI=1S/C12H20BrN5/c1-12(3-5-18(2)6-4-12)7-15-11-9(13)10(14)16-8-17-11/h8H,3-7H2,1-2H3,(H3,14,15,16,17). The van der Waals surface area contributed by atoms with Crippen molar-refractivity contribution in [2.24, 2.45) is 5.41 Å². The molecule has 1 aromatic heterocycles. The summed E-state index contributed by atoms with van der Waals surface area (Å²) in [7, 11) is 2.18. The number of likely N-dealkylation sites (tertiary alicyclic amines) is 1. The fraction of sp³-hybridized carbons (Fsp3) is 0.667. The summed E-state index contributed by atoms with van der Waals surface area (Å²) in [5.41, 5.74) is 6.06. The normalized spacial score (nSPS) is 19.7. The van der Waals surface area contributed by atoms with E-state index in [1.807, 2.05) is 0 Å². The molecule has 5 nitrogen and oxygen atoms in total. The van der Waals surface area contributed by atoms with Crippen molar-refractivity contribution in [2.45, 2.75) is 19.8 Å². The predicted molar refractivity (Wildman–Crippen MR) is 77.5 cm³/mol. The van der Waals surface area contributed by atoms with Crippen LogP contribution < -0.4 is 11.1 Å². The first-order valence-electron chi connectivity index (χ1n) is 6.19. The van der Waals surface area contributed by atoms with E-state index in [1.54, 1.807) is 0 Å².